The Morgan fingerprint density at radius 2 is 1.87 bits per heavy atom. The van der Waals surface area contributed by atoms with E-state index < -0.39 is 0 Å². The van der Waals surface area contributed by atoms with Crippen molar-refractivity contribution < 1.29 is 0 Å². The van der Waals surface area contributed by atoms with E-state index in [0.29, 0.717) is 0 Å². The number of terminal acetylenes is 1. The number of hydrogen-bond donors (Lipinski definition) is 3. The summed E-state index contributed by atoms with van der Waals surface area (Å²) in [5, 5.41) is 0. The molecule has 0 bridgehead atoms. The van der Waals surface area contributed by atoms with Crippen molar-refractivity contribution in [3.05, 3.63) is 89.2 Å². The van der Waals surface area contributed by atoms with E-state index in [9.17, 15) is 0 Å². The lowest BCUT2D eigenvalue weighted by Gasteiger charge is -2.32. The fourth-order valence-electron chi connectivity index (χ4n) is 4.29. The number of hydrogen-bond acceptors (Lipinski definition) is 3. The quantitative estimate of drug-likeness (QED) is 0.171. The Balaban J connectivity index is 0.000000621. The van der Waals surface area contributed by atoms with Crippen molar-refractivity contribution in [2.75, 3.05) is 0 Å². The molecule has 0 saturated carbocycles. The number of hydrazine groups is 1. The molecule has 4 N–H and O–H groups in total. The molecule has 0 fully saturated rings. The topological polar surface area (TPSA) is 50.1 Å². The highest BCUT2D eigenvalue weighted by atomic mass is 15.3. The average Bonchev–Trinajstić information content (AvgIpc) is 3.24. The van der Waals surface area contributed by atoms with Gasteiger partial charge in [-0.3, -0.25) is 0 Å². The van der Waals surface area contributed by atoms with Crippen LogP contribution in [0, 0.1) is 23.2 Å². The Bertz CT molecular complexity index is 975. The van der Waals surface area contributed by atoms with E-state index >= 15 is 0 Å². The summed E-state index contributed by atoms with van der Waals surface area (Å²) in [6.07, 6.45) is 31.0. The molecule has 3 nitrogen and oxygen atoms in total. The molecule has 38 heavy (non-hydrogen) atoms. The zero-order valence-electron chi connectivity index (χ0n) is 25.6. The molecule has 0 radical (unpaired) electrons. The van der Waals surface area contributed by atoms with E-state index in [1.807, 2.05) is 24.3 Å². The Morgan fingerprint density at radius 1 is 1.16 bits per heavy atom. The second-order valence-corrected chi connectivity index (χ2v) is 11.8. The standard InChI is InChI=1S/C19H33N.C10H14.C6H8N2/c1-9-11-12-15(3)17(20)13-16(10-2)19(7,8)14-18(4,5)6;1-2-7-10-8-5-3-4-6-9-10;1-6-4-2-3-5-7-8-6/h2,13H,9,11-12,14,20H2,1,3-8H3;3,8-9H,2,4,6-7H2,1H3;2-5,7-8H,1H2/b16-13+,17-15+;;. The molecule has 1 heterocycles. The first-order valence-corrected chi connectivity index (χ1v) is 14.1. The predicted octanol–water partition coefficient (Wildman–Crippen LogP) is 9.33. The number of unbranched alkanes of at least 4 members (excludes halogenated alkanes) is 1. The summed E-state index contributed by atoms with van der Waals surface area (Å²) in [4.78, 5) is 0. The van der Waals surface area contributed by atoms with Gasteiger partial charge < -0.3 is 16.6 Å². The van der Waals surface area contributed by atoms with Crippen LogP contribution in [0.15, 0.2) is 89.2 Å². The van der Waals surface area contributed by atoms with Gasteiger partial charge in [-0.25, -0.2) is 0 Å². The molecule has 1 aliphatic heterocycles. The summed E-state index contributed by atoms with van der Waals surface area (Å²) in [5.74, 6) is 2.85. The van der Waals surface area contributed by atoms with Crippen molar-refractivity contribution in [1.82, 2.24) is 10.9 Å². The van der Waals surface area contributed by atoms with Gasteiger partial charge in [-0.2, -0.15) is 0 Å². The molecular weight excluding hydrogens is 462 g/mol. The summed E-state index contributed by atoms with van der Waals surface area (Å²) >= 11 is 0. The zero-order chi connectivity index (χ0) is 29.0. The van der Waals surface area contributed by atoms with Gasteiger partial charge in [0, 0.05) is 23.2 Å². The molecule has 2 rings (SSSR count). The number of nitrogens with one attached hydrogen (secondary N) is 2. The number of nitrogens with two attached hydrogens (primary N) is 1. The molecule has 1 aliphatic carbocycles. The Hall–Kier alpha value is -3.08. The highest BCUT2D eigenvalue weighted by Crippen LogP contribution is 2.39. The Kier molecular flexibility index (Phi) is 17.5. The van der Waals surface area contributed by atoms with Crippen LogP contribution in [0.1, 0.15) is 107 Å². The van der Waals surface area contributed by atoms with Gasteiger partial charge in [0.2, 0.25) is 0 Å². The lowest BCUT2D eigenvalue weighted by Crippen LogP contribution is -2.23. The molecule has 0 aromatic heterocycles. The molecule has 2 aliphatic rings. The summed E-state index contributed by atoms with van der Waals surface area (Å²) in [6, 6.07) is 0. The second-order valence-electron chi connectivity index (χ2n) is 11.8. The van der Waals surface area contributed by atoms with Gasteiger partial charge >= 0.3 is 0 Å². The number of allylic oxidation sites excluding steroid dienone is 9. The van der Waals surface area contributed by atoms with Crippen LogP contribution in [0.4, 0.5) is 0 Å². The van der Waals surface area contributed by atoms with Gasteiger partial charge in [-0.15, -0.1) is 12.2 Å². The minimum Gasteiger partial charge on any atom is -0.399 e. The SMILES string of the molecule is C#C/C(=C\C(N)=C(\C)CCCC)C(C)(C)CC(C)(C)C.C=C1C=CC=CNN1.CCCC1=CCCC=C=C1. The van der Waals surface area contributed by atoms with Crippen molar-refractivity contribution in [3.63, 3.8) is 0 Å². The van der Waals surface area contributed by atoms with Gasteiger partial charge in [0.05, 0.1) is 0 Å². The van der Waals surface area contributed by atoms with Crippen LogP contribution in [-0.4, -0.2) is 0 Å². The Labute approximate surface area is 235 Å². The van der Waals surface area contributed by atoms with Crippen molar-refractivity contribution in [2.24, 2.45) is 16.6 Å². The maximum atomic E-state index is 6.20. The van der Waals surface area contributed by atoms with Gasteiger partial charge in [0.15, 0.2) is 0 Å². The summed E-state index contributed by atoms with van der Waals surface area (Å²) < 4.78 is 0. The van der Waals surface area contributed by atoms with E-state index in [1.54, 1.807) is 6.20 Å². The smallest absolute Gasteiger partial charge is 0.0467 e. The van der Waals surface area contributed by atoms with Gasteiger partial charge in [0.25, 0.3) is 0 Å². The minimum atomic E-state index is -0.0251. The predicted molar refractivity (Wildman–Crippen MR) is 170 cm³/mol. The highest BCUT2D eigenvalue weighted by molar-refractivity contribution is 5.39. The van der Waals surface area contributed by atoms with E-state index in [-0.39, 0.29) is 10.8 Å². The van der Waals surface area contributed by atoms with Crippen LogP contribution in [-0.2, 0) is 0 Å². The maximum Gasteiger partial charge on any atom is 0.0467 e. The van der Waals surface area contributed by atoms with E-state index in [4.69, 9.17) is 12.2 Å². The molecule has 0 atom stereocenters. The van der Waals surface area contributed by atoms with Gasteiger partial charge in [0.1, 0.15) is 0 Å². The molecule has 0 unspecified atom stereocenters. The first-order chi connectivity index (χ1) is 17.9. The minimum absolute atomic E-state index is 0.0251. The maximum absolute atomic E-state index is 6.20. The van der Waals surface area contributed by atoms with Crippen LogP contribution >= 0.6 is 0 Å². The van der Waals surface area contributed by atoms with Crippen LogP contribution in [0.3, 0.4) is 0 Å². The van der Waals surface area contributed by atoms with Crippen molar-refractivity contribution >= 4 is 0 Å². The third kappa shape index (κ3) is 17.4. The van der Waals surface area contributed by atoms with E-state index in [2.05, 4.69) is 103 Å². The zero-order valence-corrected chi connectivity index (χ0v) is 25.6. The van der Waals surface area contributed by atoms with Crippen LogP contribution in [0.2, 0.25) is 0 Å². The highest BCUT2D eigenvalue weighted by Gasteiger charge is 2.28. The molecule has 0 amide bonds. The van der Waals surface area contributed by atoms with E-state index in [1.165, 1.54) is 43.3 Å². The first-order valence-electron chi connectivity index (χ1n) is 14.1. The van der Waals surface area contributed by atoms with E-state index in [0.717, 1.165) is 36.2 Å². The van der Waals surface area contributed by atoms with Crippen LogP contribution < -0.4 is 16.6 Å². The third-order valence-electron chi connectivity index (χ3n) is 6.02. The fraction of sp³-hybridized carbons (Fsp3) is 0.514. The Morgan fingerprint density at radius 3 is 2.47 bits per heavy atom. The lowest BCUT2D eigenvalue weighted by molar-refractivity contribution is 0.254. The summed E-state index contributed by atoms with van der Waals surface area (Å²) in [6.45, 7) is 21.3. The van der Waals surface area contributed by atoms with Crippen molar-refractivity contribution in [3.8, 4) is 12.3 Å². The first kappa shape index (κ1) is 34.9. The lowest BCUT2D eigenvalue weighted by atomic mass is 9.72. The average molecular weight is 518 g/mol. The molecular formula is C35H55N3. The van der Waals surface area contributed by atoms with Gasteiger partial charge in [-0.05, 0) is 92.2 Å². The molecule has 0 saturated heterocycles. The normalized spacial score (nSPS) is 15.7. The van der Waals surface area contributed by atoms with Gasteiger partial charge in [-0.1, -0.05) is 91.5 Å². The fourth-order valence-corrected chi connectivity index (χ4v) is 4.29. The van der Waals surface area contributed by atoms with Crippen LogP contribution in [0.25, 0.3) is 0 Å². The second kappa shape index (κ2) is 19.1. The van der Waals surface area contributed by atoms with Crippen molar-refractivity contribution in [1.29, 1.82) is 0 Å². The molecule has 0 spiro atoms. The summed E-state index contributed by atoms with van der Waals surface area (Å²) in [7, 11) is 0. The third-order valence-corrected chi connectivity index (χ3v) is 6.02. The number of rotatable bonds is 8. The summed E-state index contributed by atoms with van der Waals surface area (Å²) in [5.41, 5.74) is 20.6. The van der Waals surface area contributed by atoms with Crippen molar-refractivity contribution in [2.45, 2.75) is 107 Å². The molecule has 0 aromatic rings. The van der Waals surface area contributed by atoms with Crippen LogP contribution in [0.5, 0.6) is 0 Å². The largest absolute Gasteiger partial charge is 0.399 e. The monoisotopic (exact) mass is 517 g/mol. The molecule has 0 aromatic carbocycles. The molecule has 210 valence electrons. The molecule has 3 heteroatoms.